The second-order valence-corrected chi connectivity index (χ2v) is 14.7. The number of nitrogens with one attached hydrogen (secondary N) is 1. The van der Waals surface area contributed by atoms with Crippen LogP contribution >= 0.6 is 35.2 Å². The number of thiocarbonyl (C=S) groups is 1. The minimum atomic E-state index is -0.718. The van der Waals surface area contributed by atoms with E-state index in [1.165, 1.54) is 11.3 Å². The maximum atomic E-state index is 14.4. The number of imide groups is 1. The fourth-order valence-corrected chi connectivity index (χ4v) is 7.11. The molecule has 0 spiro atoms. The molecule has 4 rings (SSSR count). The fraction of sp³-hybridized carbons (Fsp3) is 0.444. The van der Waals surface area contributed by atoms with E-state index in [1.54, 1.807) is 91.7 Å². The number of methoxy groups -OCH3 is 4. The Morgan fingerprint density at radius 3 is 2.24 bits per heavy atom. The molecule has 0 bridgehead atoms. The van der Waals surface area contributed by atoms with Gasteiger partial charge in [0, 0.05) is 28.6 Å². The van der Waals surface area contributed by atoms with Crippen molar-refractivity contribution in [1.82, 2.24) is 15.1 Å². The van der Waals surface area contributed by atoms with Gasteiger partial charge in [-0.25, -0.2) is 9.59 Å². The molecule has 1 saturated heterocycles. The lowest BCUT2D eigenvalue weighted by Crippen LogP contribution is -2.48. The van der Waals surface area contributed by atoms with Gasteiger partial charge in [-0.15, -0.1) is 11.3 Å². The van der Waals surface area contributed by atoms with Crippen molar-refractivity contribution in [3.05, 3.63) is 68.4 Å². The predicted molar refractivity (Wildman–Crippen MR) is 197 cm³/mol. The van der Waals surface area contributed by atoms with Crippen LogP contribution in [0, 0.1) is 5.92 Å². The Hall–Kier alpha value is -4.07. The maximum Gasteiger partial charge on any atom is 0.348 e. The third kappa shape index (κ3) is 9.37. The van der Waals surface area contributed by atoms with Gasteiger partial charge in [-0.05, 0) is 69.5 Å². The summed E-state index contributed by atoms with van der Waals surface area (Å²) in [5.74, 6) is 0.610. The molecule has 2 aromatic carbocycles. The highest BCUT2D eigenvalue weighted by molar-refractivity contribution is 7.80. The SMILES string of the molecule is CC[C@@H](NC(=O)N1CC(=S)N(Cc2c(OC)cc(OC)cc2OC)C[C@@H](Cc2cc(Cl)ccc2OC)C1=O)c1ccc(C(=O)OC(C)(C)C)s1. The van der Waals surface area contributed by atoms with Gasteiger partial charge in [0.1, 0.15) is 33.5 Å². The van der Waals surface area contributed by atoms with E-state index in [1.807, 2.05) is 11.8 Å². The maximum absolute atomic E-state index is 14.4. The molecule has 0 radical (unpaired) electrons. The molecular weight excluding hydrogens is 702 g/mol. The number of thiophene rings is 1. The van der Waals surface area contributed by atoms with E-state index < -0.39 is 35.5 Å². The summed E-state index contributed by atoms with van der Waals surface area (Å²) in [4.78, 5) is 45.7. The lowest BCUT2D eigenvalue weighted by Gasteiger charge is -2.27. The van der Waals surface area contributed by atoms with Gasteiger partial charge >= 0.3 is 12.0 Å². The number of amides is 3. The molecule has 1 aromatic heterocycles. The van der Waals surface area contributed by atoms with E-state index in [-0.39, 0.29) is 26.1 Å². The first-order valence-electron chi connectivity index (χ1n) is 16.1. The van der Waals surface area contributed by atoms with E-state index in [4.69, 9.17) is 47.5 Å². The summed E-state index contributed by atoms with van der Waals surface area (Å²) >= 11 is 13.5. The zero-order chi connectivity index (χ0) is 36.7. The quantitative estimate of drug-likeness (QED) is 0.152. The van der Waals surface area contributed by atoms with Crippen LogP contribution in [0.5, 0.6) is 23.0 Å². The third-order valence-electron chi connectivity index (χ3n) is 8.10. The van der Waals surface area contributed by atoms with Crippen LogP contribution in [0.2, 0.25) is 5.02 Å². The zero-order valence-corrected chi connectivity index (χ0v) is 32.0. The van der Waals surface area contributed by atoms with Crippen molar-refractivity contribution in [1.29, 1.82) is 0 Å². The van der Waals surface area contributed by atoms with Gasteiger partial charge in [-0.3, -0.25) is 9.69 Å². The summed E-state index contributed by atoms with van der Waals surface area (Å²) in [7, 11) is 6.21. The number of urea groups is 1. The molecule has 50 heavy (non-hydrogen) atoms. The van der Waals surface area contributed by atoms with Crippen LogP contribution in [0.4, 0.5) is 4.79 Å². The Kier molecular flexibility index (Phi) is 13.0. The molecule has 1 N–H and O–H groups in total. The smallest absolute Gasteiger partial charge is 0.348 e. The van der Waals surface area contributed by atoms with Gasteiger partial charge < -0.3 is 33.9 Å². The van der Waals surface area contributed by atoms with Gasteiger partial charge in [0.05, 0.1) is 64.0 Å². The average Bonchev–Trinajstić information content (AvgIpc) is 3.54. The van der Waals surface area contributed by atoms with E-state index in [9.17, 15) is 14.4 Å². The number of nitrogens with zero attached hydrogens (tertiary/aromatic N) is 2. The first kappa shape index (κ1) is 38.7. The predicted octanol–water partition coefficient (Wildman–Crippen LogP) is 7.08. The van der Waals surface area contributed by atoms with Gasteiger partial charge in [0.15, 0.2) is 0 Å². The highest BCUT2D eigenvalue weighted by Crippen LogP contribution is 2.36. The van der Waals surface area contributed by atoms with Crippen LogP contribution in [0.25, 0.3) is 0 Å². The van der Waals surface area contributed by atoms with Crippen LogP contribution in [0.1, 0.15) is 65.8 Å². The lowest BCUT2D eigenvalue weighted by atomic mass is 9.96. The number of ether oxygens (including phenoxy) is 5. The Bertz CT molecular complexity index is 1700. The second kappa shape index (κ2) is 16.8. The first-order chi connectivity index (χ1) is 23.7. The molecule has 0 unspecified atom stereocenters. The molecule has 11 nitrogen and oxygen atoms in total. The molecule has 3 amide bonds. The van der Waals surface area contributed by atoms with E-state index in [0.717, 1.165) is 9.78 Å². The molecule has 2 heterocycles. The molecule has 1 aliphatic rings. The second-order valence-electron chi connectivity index (χ2n) is 12.7. The molecule has 2 atom stereocenters. The molecule has 270 valence electrons. The minimum Gasteiger partial charge on any atom is -0.496 e. The number of esters is 1. The fourth-order valence-electron chi connectivity index (χ4n) is 5.63. The molecule has 1 aliphatic heterocycles. The van der Waals surface area contributed by atoms with Crippen molar-refractivity contribution in [2.75, 3.05) is 41.5 Å². The highest BCUT2D eigenvalue weighted by atomic mass is 35.5. The van der Waals surface area contributed by atoms with Crippen molar-refractivity contribution < 1.29 is 38.1 Å². The normalized spacial score (nSPS) is 15.7. The largest absolute Gasteiger partial charge is 0.496 e. The molecular formula is C36H44ClN3O8S2. The molecule has 0 aliphatic carbocycles. The molecule has 3 aromatic rings. The van der Waals surface area contributed by atoms with Gasteiger partial charge in [-0.1, -0.05) is 30.7 Å². The van der Waals surface area contributed by atoms with Crippen molar-refractivity contribution in [2.45, 2.75) is 58.7 Å². The van der Waals surface area contributed by atoms with Gasteiger partial charge in [0.25, 0.3) is 0 Å². The number of rotatable bonds is 12. The number of halogens is 1. The van der Waals surface area contributed by atoms with Crippen molar-refractivity contribution in [3.8, 4) is 23.0 Å². The standard InChI is InChI=1S/C36H44ClN3O8S2/c1-9-26(30-12-13-31(50-30)34(42)48-36(2,3)4)38-35(43)40-20-32(49)39(19-25-28(46-7)16-24(44-5)17-29(25)47-8)18-22(33(40)41)14-21-15-23(37)10-11-27(21)45-6/h10-13,15-17,22,26H,9,14,18-20H2,1-8H3,(H,38,43)/t22-,26-/m1/s1. The van der Waals surface area contributed by atoms with E-state index >= 15 is 0 Å². The van der Waals surface area contributed by atoms with Crippen molar-refractivity contribution in [3.63, 3.8) is 0 Å². The van der Waals surface area contributed by atoms with Gasteiger partial charge in [-0.2, -0.15) is 0 Å². The summed E-state index contributed by atoms with van der Waals surface area (Å²) in [5, 5.41) is 3.50. The molecule has 14 heteroatoms. The van der Waals surface area contributed by atoms with Crippen LogP contribution < -0.4 is 24.3 Å². The Balaban J connectivity index is 1.67. The van der Waals surface area contributed by atoms with Crippen molar-refractivity contribution >= 4 is 58.1 Å². The summed E-state index contributed by atoms with van der Waals surface area (Å²) in [5.41, 5.74) is 0.770. The van der Waals surface area contributed by atoms with Crippen LogP contribution in [-0.4, -0.2) is 79.8 Å². The Morgan fingerprint density at radius 2 is 1.66 bits per heavy atom. The third-order valence-corrected chi connectivity index (χ3v) is 9.90. The number of benzene rings is 2. The number of hydrogen-bond acceptors (Lipinski definition) is 10. The number of carbonyl (C=O) groups is 3. The Morgan fingerprint density at radius 1 is 1.00 bits per heavy atom. The van der Waals surface area contributed by atoms with Crippen LogP contribution in [-0.2, 0) is 22.5 Å². The van der Waals surface area contributed by atoms with Crippen molar-refractivity contribution in [2.24, 2.45) is 5.92 Å². The molecule has 0 saturated carbocycles. The summed E-state index contributed by atoms with van der Waals surface area (Å²) in [6, 6.07) is 11.1. The Labute approximate surface area is 307 Å². The lowest BCUT2D eigenvalue weighted by molar-refractivity contribution is -0.131. The summed E-state index contributed by atoms with van der Waals surface area (Å²) in [6.07, 6.45) is 0.739. The monoisotopic (exact) mass is 745 g/mol. The number of hydrogen-bond donors (Lipinski definition) is 1. The van der Waals surface area contributed by atoms with Crippen LogP contribution in [0.15, 0.2) is 42.5 Å². The summed E-state index contributed by atoms with van der Waals surface area (Å²) in [6.45, 7) is 7.62. The van der Waals surface area contributed by atoms with Crippen LogP contribution in [0.3, 0.4) is 0 Å². The first-order valence-corrected chi connectivity index (χ1v) is 17.7. The highest BCUT2D eigenvalue weighted by Gasteiger charge is 2.38. The van der Waals surface area contributed by atoms with E-state index in [0.29, 0.717) is 55.4 Å². The topological polar surface area (TPSA) is 116 Å². The zero-order valence-electron chi connectivity index (χ0n) is 29.6. The minimum absolute atomic E-state index is 0.131. The van der Waals surface area contributed by atoms with Gasteiger partial charge in [0.2, 0.25) is 5.91 Å². The molecule has 1 fully saturated rings. The summed E-state index contributed by atoms with van der Waals surface area (Å²) < 4.78 is 27.9. The van der Waals surface area contributed by atoms with E-state index in [2.05, 4.69) is 5.32 Å². The average molecular weight is 746 g/mol. The number of carbonyl (C=O) groups excluding carboxylic acids is 3.